The van der Waals surface area contributed by atoms with Gasteiger partial charge in [0.1, 0.15) is 0 Å². The smallest absolute Gasteiger partial charge is 0.229 e. The highest BCUT2D eigenvalue weighted by atomic mass is 16.7. The topological polar surface area (TPSA) is 18.5 Å². The second kappa shape index (κ2) is 5.53. The Kier molecular flexibility index (Phi) is 4.30. The van der Waals surface area contributed by atoms with Crippen LogP contribution in [0.3, 0.4) is 0 Å². The van der Waals surface area contributed by atoms with Crippen LogP contribution in [-0.4, -0.2) is 6.79 Å². The molecule has 0 atom stereocenters. The van der Waals surface area contributed by atoms with Crippen molar-refractivity contribution in [3.05, 3.63) is 35.8 Å². The minimum absolute atomic E-state index is 0.293. The van der Waals surface area contributed by atoms with E-state index in [0.29, 0.717) is 12.7 Å². The van der Waals surface area contributed by atoms with E-state index in [4.69, 9.17) is 9.47 Å². The molecule has 0 saturated carbocycles. The fraction of sp³-hybridized carbons (Fsp3) is 0.500. The summed E-state index contributed by atoms with van der Waals surface area (Å²) in [6, 6.07) is 0. The van der Waals surface area contributed by atoms with Crippen molar-refractivity contribution in [2.75, 3.05) is 6.79 Å². The largest absolute Gasteiger partial charge is 0.465 e. The van der Waals surface area contributed by atoms with Crippen molar-refractivity contribution >= 4 is 0 Å². The number of rotatable bonds is 2. The Bertz CT molecular complexity index is 259. The number of hydrogen-bond acceptors (Lipinski definition) is 2. The second-order valence-corrected chi connectivity index (χ2v) is 3.85. The molecule has 1 aliphatic heterocycles. The molecule has 14 heavy (non-hydrogen) atoms. The zero-order valence-electron chi connectivity index (χ0n) is 9.12. The van der Waals surface area contributed by atoms with Crippen molar-refractivity contribution in [2.45, 2.75) is 27.2 Å². The second-order valence-electron chi connectivity index (χ2n) is 3.85. The van der Waals surface area contributed by atoms with Crippen LogP contribution in [0.25, 0.3) is 0 Å². The summed E-state index contributed by atoms with van der Waals surface area (Å²) in [6.45, 7) is 6.65. The molecular formula is C12H18O2. The maximum absolute atomic E-state index is 5.32. The summed E-state index contributed by atoms with van der Waals surface area (Å²) in [6.07, 6.45) is 8.77. The van der Waals surface area contributed by atoms with Gasteiger partial charge in [0.25, 0.3) is 0 Å². The van der Waals surface area contributed by atoms with Gasteiger partial charge in [-0.25, -0.2) is 0 Å². The van der Waals surface area contributed by atoms with Crippen molar-refractivity contribution in [1.82, 2.24) is 0 Å². The number of hydrogen-bond donors (Lipinski definition) is 0. The van der Waals surface area contributed by atoms with E-state index in [2.05, 4.69) is 26.0 Å². The molecule has 0 N–H and O–H groups in total. The standard InChI is InChI=1S/C12H18O2/c1-10(2)7-12-5-4-6-13-9-14-11(3)8-12/h4-6,8,10H,7,9H2,1-3H3/b6-4+,11-8+,12-5-. The van der Waals surface area contributed by atoms with E-state index in [1.807, 2.05) is 13.0 Å². The van der Waals surface area contributed by atoms with Crippen molar-refractivity contribution in [3.8, 4) is 0 Å². The zero-order chi connectivity index (χ0) is 10.4. The molecule has 0 radical (unpaired) electrons. The van der Waals surface area contributed by atoms with E-state index in [-0.39, 0.29) is 0 Å². The maximum atomic E-state index is 5.32. The molecule has 0 aromatic rings. The summed E-state index contributed by atoms with van der Waals surface area (Å²) in [5.41, 5.74) is 1.28. The summed E-state index contributed by atoms with van der Waals surface area (Å²) in [4.78, 5) is 0. The maximum Gasteiger partial charge on any atom is 0.229 e. The van der Waals surface area contributed by atoms with Crippen LogP contribution in [0, 0.1) is 5.92 Å². The summed E-state index contributed by atoms with van der Waals surface area (Å²) < 4.78 is 10.4. The lowest BCUT2D eigenvalue weighted by atomic mass is 10.0. The molecule has 78 valence electrons. The first kappa shape index (κ1) is 10.9. The summed E-state index contributed by atoms with van der Waals surface area (Å²) in [5, 5.41) is 0. The molecule has 2 heteroatoms. The highest BCUT2D eigenvalue weighted by Gasteiger charge is 2.00. The molecule has 0 unspecified atom stereocenters. The normalized spacial score (nSPS) is 26.9. The van der Waals surface area contributed by atoms with Crippen molar-refractivity contribution in [1.29, 1.82) is 0 Å². The lowest BCUT2D eigenvalue weighted by molar-refractivity contribution is 0.0299. The Labute approximate surface area is 85.9 Å². The van der Waals surface area contributed by atoms with Crippen LogP contribution in [0.2, 0.25) is 0 Å². The monoisotopic (exact) mass is 194 g/mol. The van der Waals surface area contributed by atoms with Crippen LogP contribution in [-0.2, 0) is 9.47 Å². The highest BCUT2D eigenvalue weighted by molar-refractivity contribution is 5.25. The average Bonchev–Trinajstić information content (AvgIpc) is 2.16. The van der Waals surface area contributed by atoms with Gasteiger partial charge in [-0.2, -0.15) is 0 Å². The zero-order valence-corrected chi connectivity index (χ0v) is 9.12. The third kappa shape index (κ3) is 4.17. The first-order valence-corrected chi connectivity index (χ1v) is 4.97. The Balaban J connectivity index is 2.74. The lowest BCUT2D eigenvalue weighted by Crippen LogP contribution is -1.94. The molecule has 1 rings (SSSR count). The minimum Gasteiger partial charge on any atom is -0.465 e. The third-order valence-corrected chi connectivity index (χ3v) is 1.87. The van der Waals surface area contributed by atoms with Gasteiger partial charge in [-0.1, -0.05) is 19.9 Å². The molecule has 0 amide bonds. The van der Waals surface area contributed by atoms with Gasteiger partial charge in [0.2, 0.25) is 6.79 Å². The van der Waals surface area contributed by atoms with Gasteiger partial charge in [-0.15, -0.1) is 0 Å². The molecule has 0 bridgehead atoms. The van der Waals surface area contributed by atoms with Crippen LogP contribution in [0.1, 0.15) is 27.2 Å². The fourth-order valence-corrected chi connectivity index (χ4v) is 1.33. The van der Waals surface area contributed by atoms with Crippen molar-refractivity contribution in [3.63, 3.8) is 0 Å². The lowest BCUT2D eigenvalue weighted by Gasteiger charge is -2.07. The van der Waals surface area contributed by atoms with Gasteiger partial charge in [-0.05, 0) is 37.0 Å². The van der Waals surface area contributed by atoms with Crippen LogP contribution in [0.5, 0.6) is 0 Å². The summed E-state index contributed by atoms with van der Waals surface area (Å²) in [5.74, 6) is 1.56. The molecule has 0 saturated heterocycles. The highest BCUT2D eigenvalue weighted by Crippen LogP contribution is 2.15. The summed E-state index contributed by atoms with van der Waals surface area (Å²) in [7, 11) is 0. The quantitative estimate of drug-likeness (QED) is 0.671. The van der Waals surface area contributed by atoms with E-state index < -0.39 is 0 Å². The Morgan fingerprint density at radius 3 is 2.93 bits per heavy atom. The minimum atomic E-state index is 0.293. The predicted octanol–water partition coefficient (Wildman–Crippen LogP) is 3.38. The van der Waals surface area contributed by atoms with Crippen LogP contribution in [0.4, 0.5) is 0 Å². The Morgan fingerprint density at radius 2 is 2.21 bits per heavy atom. The van der Waals surface area contributed by atoms with E-state index >= 15 is 0 Å². The van der Waals surface area contributed by atoms with E-state index in [0.717, 1.165) is 12.2 Å². The van der Waals surface area contributed by atoms with Crippen LogP contribution < -0.4 is 0 Å². The average molecular weight is 194 g/mol. The molecular weight excluding hydrogens is 176 g/mol. The van der Waals surface area contributed by atoms with Crippen molar-refractivity contribution in [2.24, 2.45) is 5.92 Å². The molecule has 0 spiro atoms. The summed E-state index contributed by atoms with van der Waals surface area (Å²) >= 11 is 0. The molecule has 1 heterocycles. The SMILES string of the molecule is C\C1=C/C(CC(C)C)=C\C=C\OCO1. The third-order valence-electron chi connectivity index (χ3n) is 1.87. The predicted molar refractivity (Wildman–Crippen MR) is 57.5 cm³/mol. The molecule has 2 nitrogen and oxygen atoms in total. The van der Waals surface area contributed by atoms with Gasteiger partial charge < -0.3 is 9.47 Å². The Hall–Kier alpha value is -1.18. The van der Waals surface area contributed by atoms with E-state index in [9.17, 15) is 0 Å². The van der Waals surface area contributed by atoms with Gasteiger partial charge in [-0.3, -0.25) is 0 Å². The van der Waals surface area contributed by atoms with Gasteiger partial charge >= 0.3 is 0 Å². The van der Waals surface area contributed by atoms with Crippen LogP contribution >= 0.6 is 0 Å². The van der Waals surface area contributed by atoms with Gasteiger partial charge in [0.15, 0.2) is 0 Å². The van der Waals surface area contributed by atoms with Gasteiger partial charge in [0, 0.05) is 0 Å². The fourth-order valence-electron chi connectivity index (χ4n) is 1.33. The van der Waals surface area contributed by atoms with E-state index in [1.165, 1.54) is 5.57 Å². The molecule has 0 aromatic heterocycles. The molecule has 0 aliphatic carbocycles. The van der Waals surface area contributed by atoms with Gasteiger partial charge in [0.05, 0.1) is 12.0 Å². The molecule has 0 fully saturated rings. The molecule has 1 aliphatic rings. The van der Waals surface area contributed by atoms with E-state index in [1.54, 1.807) is 6.26 Å². The van der Waals surface area contributed by atoms with Crippen molar-refractivity contribution < 1.29 is 9.47 Å². The first-order chi connectivity index (χ1) is 6.68. The molecule has 0 aromatic carbocycles. The number of ether oxygens (including phenoxy) is 2. The number of allylic oxidation sites excluding steroid dienone is 5. The first-order valence-electron chi connectivity index (χ1n) is 4.97. The van der Waals surface area contributed by atoms with Crippen LogP contribution in [0.15, 0.2) is 35.8 Å². The Morgan fingerprint density at radius 1 is 1.43 bits per heavy atom.